The van der Waals surface area contributed by atoms with E-state index in [0.717, 1.165) is 13.1 Å². The fourth-order valence-corrected chi connectivity index (χ4v) is 2.31. The molecule has 0 aromatic carbocycles. The van der Waals surface area contributed by atoms with E-state index in [1.807, 2.05) is 0 Å². The van der Waals surface area contributed by atoms with Crippen molar-refractivity contribution in [3.05, 3.63) is 0 Å². The first kappa shape index (κ1) is 15.2. The van der Waals surface area contributed by atoms with E-state index in [1.54, 1.807) is 11.8 Å². The van der Waals surface area contributed by atoms with Crippen molar-refractivity contribution < 1.29 is 9.53 Å². The van der Waals surface area contributed by atoms with Crippen LogP contribution in [0.1, 0.15) is 12.8 Å². The summed E-state index contributed by atoms with van der Waals surface area (Å²) in [6.07, 6.45) is 2.53. The molecule has 20 heavy (non-hydrogen) atoms. The molecule has 1 aromatic heterocycles. The Hall–Kier alpha value is -1.19. The highest BCUT2D eigenvalue weighted by Crippen LogP contribution is 2.18. The van der Waals surface area contributed by atoms with E-state index in [2.05, 4.69) is 26.2 Å². The number of methoxy groups -OCH3 is 1. The zero-order valence-electron chi connectivity index (χ0n) is 11.5. The number of ether oxygens (including phenoxy) is 1. The molecule has 0 spiro atoms. The molecular weight excluding hydrogens is 280 g/mol. The van der Waals surface area contributed by atoms with Gasteiger partial charge in [0.1, 0.15) is 0 Å². The summed E-state index contributed by atoms with van der Waals surface area (Å²) in [6.45, 7) is 2.60. The number of thioether (sulfide) groups is 1. The van der Waals surface area contributed by atoms with Crippen molar-refractivity contribution >= 4 is 17.7 Å². The molecule has 1 aliphatic carbocycles. The molecule has 1 amide bonds. The Bertz CT molecular complexity index is 423. The van der Waals surface area contributed by atoms with E-state index >= 15 is 0 Å². The van der Waals surface area contributed by atoms with Gasteiger partial charge in [0.05, 0.1) is 18.9 Å². The largest absolute Gasteiger partial charge is 0.383 e. The molecule has 1 aromatic rings. The molecule has 2 rings (SSSR count). The quantitative estimate of drug-likeness (QED) is 0.435. The van der Waals surface area contributed by atoms with Gasteiger partial charge in [0, 0.05) is 26.2 Å². The Morgan fingerprint density at radius 2 is 2.35 bits per heavy atom. The molecule has 0 atom stereocenters. The summed E-state index contributed by atoms with van der Waals surface area (Å²) in [4.78, 5) is 11.6. The summed E-state index contributed by atoms with van der Waals surface area (Å²) in [5.41, 5.74) is 0. The maximum absolute atomic E-state index is 11.6. The summed E-state index contributed by atoms with van der Waals surface area (Å²) in [7, 11) is 1.60. The number of tetrazole rings is 1. The number of nitrogens with one attached hydrogen (secondary N) is 2. The number of nitrogens with zero attached hydrogens (tertiary/aromatic N) is 4. The van der Waals surface area contributed by atoms with Crippen LogP contribution in [0.4, 0.5) is 0 Å². The third-order valence-corrected chi connectivity index (χ3v) is 3.75. The second kappa shape index (κ2) is 8.18. The molecule has 1 saturated carbocycles. The van der Waals surface area contributed by atoms with E-state index in [0.29, 0.717) is 30.1 Å². The van der Waals surface area contributed by atoms with Crippen LogP contribution in [-0.4, -0.2) is 64.7 Å². The van der Waals surface area contributed by atoms with E-state index < -0.39 is 0 Å². The van der Waals surface area contributed by atoms with Gasteiger partial charge in [-0.15, -0.1) is 5.10 Å². The first-order valence-electron chi connectivity index (χ1n) is 6.67. The predicted octanol–water partition coefficient (Wildman–Crippen LogP) is -0.720. The summed E-state index contributed by atoms with van der Waals surface area (Å²) in [5.74, 6) is 0.262. The Balaban J connectivity index is 1.66. The highest BCUT2D eigenvalue weighted by molar-refractivity contribution is 7.99. The van der Waals surface area contributed by atoms with Gasteiger partial charge < -0.3 is 15.4 Å². The minimum Gasteiger partial charge on any atom is -0.383 e. The number of hydrogen-bond donors (Lipinski definition) is 2. The van der Waals surface area contributed by atoms with Gasteiger partial charge in [0.2, 0.25) is 11.1 Å². The number of amides is 1. The second-order valence-corrected chi connectivity index (χ2v) is 5.49. The normalized spacial score (nSPS) is 14.4. The van der Waals surface area contributed by atoms with Crippen LogP contribution in [0, 0.1) is 0 Å². The minimum atomic E-state index is -0.0438. The lowest BCUT2D eigenvalue weighted by molar-refractivity contribution is -0.118. The molecule has 1 aliphatic rings. The SMILES string of the molecule is COCCNC(=O)CSc1nnnn1CCNC1CC1. The topological polar surface area (TPSA) is 94.0 Å². The molecule has 9 heteroatoms. The van der Waals surface area contributed by atoms with Gasteiger partial charge in [-0.25, -0.2) is 4.68 Å². The van der Waals surface area contributed by atoms with Gasteiger partial charge in [-0.2, -0.15) is 0 Å². The van der Waals surface area contributed by atoms with Crippen LogP contribution in [0.2, 0.25) is 0 Å². The molecular formula is C11H20N6O2S. The van der Waals surface area contributed by atoms with Crippen molar-refractivity contribution in [1.82, 2.24) is 30.8 Å². The highest BCUT2D eigenvalue weighted by Gasteiger charge is 2.20. The fraction of sp³-hybridized carbons (Fsp3) is 0.818. The number of aromatic nitrogens is 4. The third-order valence-electron chi connectivity index (χ3n) is 2.79. The lowest BCUT2D eigenvalue weighted by Crippen LogP contribution is -2.28. The maximum atomic E-state index is 11.6. The average molecular weight is 300 g/mol. The zero-order valence-corrected chi connectivity index (χ0v) is 12.4. The molecule has 0 bridgehead atoms. The first-order valence-corrected chi connectivity index (χ1v) is 7.66. The molecule has 0 unspecified atom stereocenters. The molecule has 0 radical (unpaired) electrons. The van der Waals surface area contributed by atoms with Crippen LogP contribution in [0.15, 0.2) is 5.16 Å². The Labute approximate surface area is 122 Å². The van der Waals surface area contributed by atoms with E-state index in [-0.39, 0.29) is 5.91 Å². The minimum absolute atomic E-state index is 0.0438. The van der Waals surface area contributed by atoms with Crippen LogP contribution in [0.3, 0.4) is 0 Å². The average Bonchev–Trinajstić information content (AvgIpc) is 3.15. The summed E-state index contributed by atoms with van der Waals surface area (Å²) < 4.78 is 6.59. The lowest BCUT2D eigenvalue weighted by Gasteiger charge is -2.06. The monoisotopic (exact) mass is 300 g/mol. The van der Waals surface area contributed by atoms with Crippen LogP contribution in [0.25, 0.3) is 0 Å². The number of carbonyl (C=O) groups excluding carboxylic acids is 1. The van der Waals surface area contributed by atoms with Crippen LogP contribution < -0.4 is 10.6 Å². The lowest BCUT2D eigenvalue weighted by atomic mass is 10.6. The van der Waals surface area contributed by atoms with Crippen molar-refractivity contribution in [2.45, 2.75) is 30.6 Å². The van der Waals surface area contributed by atoms with Gasteiger partial charge in [0.25, 0.3) is 0 Å². The van der Waals surface area contributed by atoms with Crippen molar-refractivity contribution in [3.63, 3.8) is 0 Å². The van der Waals surface area contributed by atoms with Crippen LogP contribution >= 0.6 is 11.8 Å². The molecule has 2 N–H and O–H groups in total. The van der Waals surface area contributed by atoms with Crippen molar-refractivity contribution in [3.8, 4) is 0 Å². The third kappa shape index (κ3) is 5.43. The number of carbonyl (C=O) groups is 1. The van der Waals surface area contributed by atoms with Gasteiger partial charge in [-0.3, -0.25) is 4.79 Å². The Morgan fingerprint density at radius 3 is 3.10 bits per heavy atom. The molecule has 0 saturated heterocycles. The summed E-state index contributed by atoms with van der Waals surface area (Å²) in [6, 6.07) is 0.675. The standard InChI is InChI=1S/C11H20N6O2S/c1-19-7-5-13-10(18)8-20-11-14-15-16-17(11)6-4-12-9-2-3-9/h9,12H,2-8H2,1H3,(H,13,18). The molecule has 1 heterocycles. The fourth-order valence-electron chi connectivity index (χ4n) is 1.58. The predicted molar refractivity (Wildman–Crippen MR) is 74.5 cm³/mol. The van der Waals surface area contributed by atoms with Gasteiger partial charge in [-0.05, 0) is 23.3 Å². The van der Waals surface area contributed by atoms with Crippen LogP contribution in [0.5, 0.6) is 0 Å². The van der Waals surface area contributed by atoms with Crippen molar-refractivity contribution in [1.29, 1.82) is 0 Å². The highest BCUT2D eigenvalue weighted by atomic mass is 32.2. The zero-order chi connectivity index (χ0) is 14.2. The van der Waals surface area contributed by atoms with Gasteiger partial charge in [0.15, 0.2) is 0 Å². The molecule has 112 valence electrons. The van der Waals surface area contributed by atoms with E-state index in [4.69, 9.17) is 4.74 Å². The van der Waals surface area contributed by atoms with E-state index in [9.17, 15) is 4.79 Å². The van der Waals surface area contributed by atoms with Gasteiger partial charge in [-0.1, -0.05) is 11.8 Å². The van der Waals surface area contributed by atoms with E-state index in [1.165, 1.54) is 24.6 Å². The Kier molecular flexibility index (Phi) is 6.22. The molecule has 8 nitrogen and oxygen atoms in total. The van der Waals surface area contributed by atoms with Crippen molar-refractivity contribution in [2.75, 3.05) is 32.6 Å². The number of hydrogen-bond acceptors (Lipinski definition) is 7. The van der Waals surface area contributed by atoms with Crippen LogP contribution in [-0.2, 0) is 16.1 Å². The van der Waals surface area contributed by atoms with Crippen molar-refractivity contribution in [2.24, 2.45) is 0 Å². The second-order valence-electron chi connectivity index (χ2n) is 4.54. The summed E-state index contributed by atoms with van der Waals surface area (Å²) >= 11 is 1.34. The first-order chi connectivity index (χ1) is 9.79. The molecule has 1 fully saturated rings. The van der Waals surface area contributed by atoms with Gasteiger partial charge >= 0.3 is 0 Å². The smallest absolute Gasteiger partial charge is 0.230 e. The Morgan fingerprint density at radius 1 is 1.50 bits per heavy atom. The number of rotatable bonds is 10. The maximum Gasteiger partial charge on any atom is 0.230 e. The summed E-state index contributed by atoms with van der Waals surface area (Å²) in [5, 5.41) is 18.3. The molecule has 0 aliphatic heterocycles.